The van der Waals surface area contributed by atoms with E-state index in [2.05, 4.69) is 50.0 Å². The minimum Gasteiger partial charge on any atom is -0.445 e. The molecule has 2 aromatic rings. The maximum atomic E-state index is 12.7. The second-order valence-electron chi connectivity index (χ2n) is 8.97. The Hall–Kier alpha value is -2.33. The summed E-state index contributed by atoms with van der Waals surface area (Å²) in [5.74, 6) is 0. The molecular weight excluding hydrogens is 362 g/mol. The van der Waals surface area contributed by atoms with Crippen molar-refractivity contribution in [3.63, 3.8) is 0 Å². The first-order chi connectivity index (χ1) is 13.4. The summed E-state index contributed by atoms with van der Waals surface area (Å²) in [7, 11) is -1.33. The Morgan fingerprint density at radius 2 is 1.86 bits per heavy atom. The Bertz CT molecular complexity index is 885. The molecule has 1 saturated heterocycles. The van der Waals surface area contributed by atoms with Gasteiger partial charge in [-0.1, -0.05) is 85.5 Å². The topological polar surface area (TPSA) is 29.5 Å². The predicted molar refractivity (Wildman–Crippen MR) is 117 cm³/mol. The summed E-state index contributed by atoms with van der Waals surface area (Å²) in [5.41, 5.74) is 3.74. The number of hydrogen-bond acceptors (Lipinski definition) is 2. The van der Waals surface area contributed by atoms with Crippen LogP contribution in [0.1, 0.15) is 30.4 Å². The molecule has 0 saturated carbocycles. The maximum Gasteiger partial charge on any atom is 0.410 e. The number of hydrogen-bond donors (Lipinski definition) is 0. The Labute approximate surface area is 169 Å². The molecule has 2 atom stereocenters. The molecule has 1 fully saturated rings. The van der Waals surface area contributed by atoms with E-state index >= 15 is 0 Å². The third-order valence-corrected chi connectivity index (χ3v) is 7.95. The molecule has 28 heavy (non-hydrogen) atoms. The van der Waals surface area contributed by atoms with Gasteiger partial charge in [0.1, 0.15) is 6.61 Å². The Morgan fingerprint density at radius 3 is 2.57 bits per heavy atom. The average Bonchev–Trinajstić information content (AvgIpc) is 2.96. The van der Waals surface area contributed by atoms with Crippen LogP contribution in [0, 0.1) is 0 Å². The lowest BCUT2D eigenvalue weighted by atomic mass is 9.95. The van der Waals surface area contributed by atoms with Gasteiger partial charge in [0.25, 0.3) is 0 Å². The number of carbonyl (C=O) groups excluding carboxylic acids is 1. The molecular formula is C24H29NO2Si. The molecule has 2 bridgehead atoms. The Balaban J connectivity index is 1.49. The smallest absolute Gasteiger partial charge is 0.410 e. The van der Waals surface area contributed by atoms with Crippen molar-refractivity contribution in [3.8, 4) is 0 Å². The highest BCUT2D eigenvalue weighted by Crippen LogP contribution is 2.38. The molecule has 0 aliphatic carbocycles. The average molecular weight is 392 g/mol. The standard InChI is InChI=1S/C24H29NO2Si/c1-28(2,3)23-11-7-10-19(16-23)20-14-21-12-13-22(15-20)25(21)24(26)27-17-18-8-5-4-6-9-18/h4-11,14,16,21-22H,12-13,15,17H2,1-3H3. The SMILES string of the molecule is C[Si](C)(C)c1cccc(C2=CC3CCC(C2)N3C(=O)OCc2ccccc2)c1. The summed E-state index contributed by atoms with van der Waals surface area (Å²) in [4.78, 5) is 14.7. The molecule has 2 unspecified atom stereocenters. The van der Waals surface area contributed by atoms with E-state index in [4.69, 9.17) is 4.74 Å². The van der Waals surface area contributed by atoms with Crippen LogP contribution in [-0.2, 0) is 11.3 Å². The first-order valence-electron chi connectivity index (χ1n) is 10.2. The van der Waals surface area contributed by atoms with Crippen LogP contribution < -0.4 is 5.19 Å². The van der Waals surface area contributed by atoms with Gasteiger partial charge in [-0.2, -0.15) is 0 Å². The molecule has 4 rings (SSSR count). The van der Waals surface area contributed by atoms with Crippen molar-refractivity contribution in [2.75, 3.05) is 0 Å². The number of benzene rings is 2. The van der Waals surface area contributed by atoms with E-state index in [1.54, 1.807) is 0 Å². The van der Waals surface area contributed by atoms with Crippen LogP contribution in [0.15, 0.2) is 60.7 Å². The van der Waals surface area contributed by atoms with Crippen molar-refractivity contribution in [2.45, 2.75) is 57.6 Å². The molecule has 2 heterocycles. The second kappa shape index (κ2) is 7.59. The third kappa shape index (κ3) is 3.92. The largest absolute Gasteiger partial charge is 0.445 e. The minimum absolute atomic E-state index is 0.160. The van der Waals surface area contributed by atoms with Crippen molar-refractivity contribution in [1.82, 2.24) is 4.90 Å². The van der Waals surface area contributed by atoms with Crippen molar-refractivity contribution < 1.29 is 9.53 Å². The summed E-state index contributed by atoms with van der Waals surface area (Å²) in [6.07, 6.45) is 5.13. The summed E-state index contributed by atoms with van der Waals surface area (Å²) >= 11 is 0. The molecule has 0 aromatic heterocycles. The summed E-state index contributed by atoms with van der Waals surface area (Å²) in [6.45, 7) is 7.49. The lowest BCUT2D eigenvalue weighted by molar-refractivity contribution is 0.0832. The third-order valence-electron chi connectivity index (χ3n) is 5.91. The van der Waals surface area contributed by atoms with E-state index in [0.717, 1.165) is 24.8 Å². The van der Waals surface area contributed by atoms with Crippen molar-refractivity contribution in [1.29, 1.82) is 0 Å². The lowest BCUT2D eigenvalue weighted by Gasteiger charge is -2.33. The van der Waals surface area contributed by atoms with Crippen LogP contribution in [0.3, 0.4) is 0 Å². The molecule has 0 spiro atoms. The zero-order chi connectivity index (χ0) is 19.7. The highest BCUT2D eigenvalue weighted by molar-refractivity contribution is 6.88. The fraction of sp³-hybridized carbons (Fsp3) is 0.375. The van der Waals surface area contributed by atoms with E-state index < -0.39 is 8.07 Å². The number of fused-ring (bicyclic) bond motifs is 2. The van der Waals surface area contributed by atoms with Crippen LogP contribution in [-0.4, -0.2) is 31.2 Å². The van der Waals surface area contributed by atoms with Gasteiger partial charge in [-0.15, -0.1) is 0 Å². The zero-order valence-corrected chi connectivity index (χ0v) is 18.0. The number of carbonyl (C=O) groups is 1. The molecule has 1 amide bonds. The number of nitrogens with zero attached hydrogens (tertiary/aromatic N) is 1. The van der Waals surface area contributed by atoms with Gasteiger partial charge in [0.2, 0.25) is 0 Å². The van der Waals surface area contributed by atoms with Crippen LogP contribution in [0.4, 0.5) is 4.79 Å². The number of rotatable bonds is 4. The highest BCUT2D eigenvalue weighted by Gasteiger charge is 2.40. The van der Waals surface area contributed by atoms with Crippen LogP contribution >= 0.6 is 0 Å². The monoisotopic (exact) mass is 391 g/mol. The van der Waals surface area contributed by atoms with E-state index in [0.29, 0.717) is 6.61 Å². The van der Waals surface area contributed by atoms with Crippen molar-refractivity contribution in [3.05, 3.63) is 71.8 Å². The van der Waals surface area contributed by atoms with Gasteiger partial charge in [-0.25, -0.2) is 4.79 Å². The summed E-state index contributed by atoms with van der Waals surface area (Å²) < 4.78 is 5.62. The quantitative estimate of drug-likeness (QED) is 0.671. The van der Waals surface area contributed by atoms with Gasteiger partial charge in [0.15, 0.2) is 0 Å². The Kier molecular flexibility index (Phi) is 5.15. The first-order valence-corrected chi connectivity index (χ1v) is 13.7. The zero-order valence-electron chi connectivity index (χ0n) is 17.0. The van der Waals surface area contributed by atoms with Gasteiger partial charge < -0.3 is 4.74 Å². The van der Waals surface area contributed by atoms with Gasteiger partial charge in [-0.05, 0) is 36.0 Å². The van der Waals surface area contributed by atoms with E-state index in [1.807, 2.05) is 35.2 Å². The molecule has 3 nitrogen and oxygen atoms in total. The van der Waals surface area contributed by atoms with Gasteiger partial charge >= 0.3 is 6.09 Å². The van der Waals surface area contributed by atoms with Gasteiger partial charge in [-0.3, -0.25) is 4.90 Å². The van der Waals surface area contributed by atoms with Crippen LogP contribution in [0.2, 0.25) is 19.6 Å². The van der Waals surface area contributed by atoms with Gasteiger partial charge in [0.05, 0.1) is 14.1 Å². The molecule has 146 valence electrons. The first kappa shape index (κ1) is 19.0. The molecule has 2 aliphatic rings. The minimum atomic E-state index is -1.33. The van der Waals surface area contributed by atoms with Crippen LogP contribution in [0.25, 0.3) is 5.57 Å². The van der Waals surface area contributed by atoms with Gasteiger partial charge in [0, 0.05) is 6.04 Å². The van der Waals surface area contributed by atoms with Crippen molar-refractivity contribution >= 4 is 24.9 Å². The fourth-order valence-corrected chi connectivity index (χ4v) is 5.49. The molecule has 0 radical (unpaired) electrons. The number of ether oxygens (including phenoxy) is 1. The molecule has 4 heteroatoms. The van der Waals surface area contributed by atoms with Crippen LogP contribution in [0.5, 0.6) is 0 Å². The Morgan fingerprint density at radius 1 is 1.07 bits per heavy atom. The summed E-state index contributed by atoms with van der Waals surface area (Å²) in [5, 5.41) is 1.49. The lowest BCUT2D eigenvalue weighted by Crippen LogP contribution is -2.43. The maximum absolute atomic E-state index is 12.7. The molecule has 2 aromatic carbocycles. The fourth-order valence-electron chi connectivity index (χ4n) is 4.31. The predicted octanol–water partition coefficient (Wildman–Crippen LogP) is 5.19. The highest BCUT2D eigenvalue weighted by atomic mass is 28.3. The summed E-state index contributed by atoms with van der Waals surface area (Å²) in [6, 6.07) is 19.3. The van der Waals surface area contributed by atoms with E-state index in [1.165, 1.54) is 16.3 Å². The molecule has 0 N–H and O–H groups in total. The normalized spacial score (nSPS) is 21.4. The van der Waals surface area contributed by atoms with E-state index in [9.17, 15) is 4.79 Å². The molecule has 2 aliphatic heterocycles. The number of amides is 1. The van der Waals surface area contributed by atoms with Crippen molar-refractivity contribution in [2.24, 2.45) is 0 Å². The van der Waals surface area contributed by atoms with E-state index in [-0.39, 0.29) is 18.2 Å². The second-order valence-corrected chi connectivity index (χ2v) is 14.1.